The van der Waals surface area contributed by atoms with Crippen LogP contribution in [0.1, 0.15) is 29.3 Å². The summed E-state index contributed by atoms with van der Waals surface area (Å²) < 4.78 is 62.8. The van der Waals surface area contributed by atoms with Crippen LogP contribution in [0.4, 0.5) is 18.9 Å². The van der Waals surface area contributed by atoms with Crippen LogP contribution in [-0.2, 0) is 19.0 Å². The molecule has 13 heteroatoms. The number of ether oxygens (including phenoxy) is 3. The number of amides is 1. The summed E-state index contributed by atoms with van der Waals surface area (Å²) in [7, 11) is 1.69. The van der Waals surface area contributed by atoms with Crippen LogP contribution in [0.25, 0.3) is 21.5 Å². The van der Waals surface area contributed by atoms with Crippen LogP contribution >= 0.6 is 11.3 Å². The molecule has 0 spiro atoms. The summed E-state index contributed by atoms with van der Waals surface area (Å²) in [5, 5.41) is 9.27. The molecule has 2 aliphatic rings. The highest BCUT2D eigenvalue weighted by Crippen LogP contribution is 2.40. The summed E-state index contributed by atoms with van der Waals surface area (Å²) in [5.41, 5.74) is 2.52. The number of likely N-dealkylation sites (N-methyl/N-ethyl adjacent to an activating group) is 1. The maximum atomic E-state index is 14.0. The third kappa shape index (κ3) is 5.25. The number of carbonyl (C=O) groups is 1. The molecule has 5 unspecified atom stereocenters. The van der Waals surface area contributed by atoms with Crippen LogP contribution in [0, 0.1) is 24.4 Å². The summed E-state index contributed by atoms with van der Waals surface area (Å²) in [5.74, 6) is -4.51. The van der Waals surface area contributed by atoms with Gasteiger partial charge >= 0.3 is 0 Å². The minimum absolute atomic E-state index is 0.0207. The molecule has 2 saturated heterocycles. The van der Waals surface area contributed by atoms with Gasteiger partial charge in [0.1, 0.15) is 24.0 Å². The number of carbonyl (C=O) groups excluding carboxylic acids is 1. The number of benzene rings is 3. The lowest BCUT2D eigenvalue weighted by molar-refractivity contribution is -0.297. The maximum Gasteiger partial charge on any atom is 0.255 e. The zero-order valence-corrected chi connectivity index (χ0v) is 24.4. The van der Waals surface area contributed by atoms with E-state index in [0.29, 0.717) is 5.69 Å². The molecule has 1 amide bonds. The van der Waals surface area contributed by atoms with Crippen molar-refractivity contribution >= 4 is 33.1 Å². The van der Waals surface area contributed by atoms with E-state index in [9.17, 15) is 18.0 Å². The molecule has 0 N–H and O–H groups in total. The van der Waals surface area contributed by atoms with Gasteiger partial charge in [-0.15, -0.1) is 16.4 Å². The third-order valence-corrected chi connectivity index (χ3v) is 8.84. The second kappa shape index (κ2) is 11.4. The number of aromatic nitrogens is 4. The van der Waals surface area contributed by atoms with E-state index in [0.717, 1.165) is 32.9 Å². The number of thiazole rings is 1. The zero-order valence-electron chi connectivity index (χ0n) is 23.6. The van der Waals surface area contributed by atoms with Gasteiger partial charge in [0, 0.05) is 30.3 Å². The summed E-state index contributed by atoms with van der Waals surface area (Å²) in [4.78, 5) is 19.9. The molecule has 0 saturated carbocycles. The molecular weight excluding hydrogens is 595 g/mol. The van der Waals surface area contributed by atoms with Crippen LogP contribution in [-0.4, -0.2) is 57.9 Å². The first-order chi connectivity index (χ1) is 21.2. The van der Waals surface area contributed by atoms with E-state index in [1.807, 2.05) is 55.5 Å². The van der Waals surface area contributed by atoms with Crippen molar-refractivity contribution in [1.82, 2.24) is 20.0 Å². The van der Waals surface area contributed by atoms with Crippen LogP contribution in [0.15, 0.2) is 66.9 Å². The second-order valence-electron chi connectivity index (χ2n) is 10.8. The number of fused-ring (bicyclic) bond motifs is 2. The molecule has 44 heavy (non-hydrogen) atoms. The van der Waals surface area contributed by atoms with E-state index in [4.69, 9.17) is 14.2 Å². The molecule has 9 nitrogen and oxygen atoms in total. The van der Waals surface area contributed by atoms with Gasteiger partial charge in [-0.3, -0.25) is 4.79 Å². The minimum atomic E-state index is -1.56. The minimum Gasteiger partial charge on any atom is -0.360 e. The van der Waals surface area contributed by atoms with Crippen LogP contribution in [0.3, 0.4) is 0 Å². The van der Waals surface area contributed by atoms with Crippen molar-refractivity contribution in [3.05, 3.63) is 94.9 Å². The Morgan fingerprint density at radius 3 is 2.59 bits per heavy atom. The van der Waals surface area contributed by atoms with Crippen molar-refractivity contribution in [3.8, 4) is 11.3 Å². The Hall–Kier alpha value is -4.17. The number of nitrogens with zero attached hydrogens (tertiary/aromatic N) is 5. The highest BCUT2D eigenvalue weighted by Gasteiger charge is 2.48. The Kier molecular flexibility index (Phi) is 7.41. The Morgan fingerprint density at radius 2 is 1.82 bits per heavy atom. The van der Waals surface area contributed by atoms with Gasteiger partial charge in [0.2, 0.25) is 0 Å². The molecular formula is C31H26F3N5O4S. The third-order valence-electron chi connectivity index (χ3n) is 7.91. The van der Waals surface area contributed by atoms with E-state index < -0.39 is 48.1 Å². The Balaban J connectivity index is 1.20. The number of anilines is 1. The zero-order chi connectivity index (χ0) is 30.5. The second-order valence-corrected chi connectivity index (χ2v) is 12.0. The summed E-state index contributed by atoms with van der Waals surface area (Å²) in [6.45, 7) is 2.08. The molecule has 0 radical (unpaired) electrons. The number of halogens is 3. The Bertz CT molecular complexity index is 1830. The SMILES string of the molecule is Cc1nc2ccc(N(C)C(=O)C3CC(n4cc(-c5cc(F)c(F)c(F)c5)nn4)C4OC(c5ccccc5)OCC4O3)cc2s1. The smallest absolute Gasteiger partial charge is 0.255 e. The average Bonchev–Trinajstić information content (AvgIpc) is 3.68. The van der Waals surface area contributed by atoms with Gasteiger partial charge in [0.05, 0.1) is 34.1 Å². The lowest BCUT2D eigenvalue weighted by Gasteiger charge is -2.45. The molecule has 5 aromatic rings. The summed E-state index contributed by atoms with van der Waals surface area (Å²) in [6, 6.07) is 16.2. The van der Waals surface area contributed by atoms with Crippen molar-refractivity contribution in [3.63, 3.8) is 0 Å². The van der Waals surface area contributed by atoms with E-state index in [1.54, 1.807) is 23.3 Å². The normalized spacial score (nSPS) is 23.4. The Morgan fingerprint density at radius 1 is 1.05 bits per heavy atom. The highest BCUT2D eigenvalue weighted by atomic mass is 32.1. The number of hydrogen-bond acceptors (Lipinski definition) is 8. The standard InChI is InChI=1S/C31H26F3N5O4S/c1-16-35-22-9-8-19(12-27(22)44-16)38(2)30(40)25-13-24(29-26(42-25)15-41-31(43-29)17-6-4-3-5-7-17)39-14-23(36-37-39)18-10-20(32)28(34)21(33)11-18/h3-12,14,24-26,29,31H,13,15H2,1-2H3. The first-order valence-electron chi connectivity index (χ1n) is 13.9. The molecule has 2 aliphatic heterocycles. The van der Waals surface area contributed by atoms with Gasteiger partial charge in [0.15, 0.2) is 23.7 Å². The van der Waals surface area contributed by atoms with E-state index in [2.05, 4.69) is 15.3 Å². The van der Waals surface area contributed by atoms with Crippen LogP contribution in [0.5, 0.6) is 0 Å². The molecule has 226 valence electrons. The predicted octanol–water partition coefficient (Wildman–Crippen LogP) is 5.76. The van der Waals surface area contributed by atoms with Gasteiger partial charge in [-0.25, -0.2) is 22.8 Å². The van der Waals surface area contributed by atoms with E-state index >= 15 is 0 Å². The molecule has 0 aliphatic carbocycles. The lowest BCUT2D eigenvalue weighted by atomic mass is 9.93. The molecule has 0 bridgehead atoms. The van der Waals surface area contributed by atoms with Gasteiger partial charge in [0.25, 0.3) is 5.91 Å². The molecule has 3 aromatic carbocycles. The van der Waals surface area contributed by atoms with Gasteiger partial charge in [-0.05, 0) is 37.3 Å². The summed E-state index contributed by atoms with van der Waals surface area (Å²) >= 11 is 1.55. The first-order valence-corrected chi connectivity index (χ1v) is 14.8. The fourth-order valence-corrected chi connectivity index (χ4v) is 6.54. The number of rotatable bonds is 5. The van der Waals surface area contributed by atoms with Gasteiger partial charge in [-0.2, -0.15) is 0 Å². The van der Waals surface area contributed by atoms with Gasteiger partial charge < -0.3 is 19.1 Å². The van der Waals surface area contributed by atoms with E-state index in [-0.39, 0.29) is 30.2 Å². The molecule has 7 rings (SSSR count). The van der Waals surface area contributed by atoms with Crippen molar-refractivity contribution in [1.29, 1.82) is 0 Å². The lowest BCUT2D eigenvalue weighted by Crippen LogP contribution is -2.56. The monoisotopic (exact) mass is 621 g/mol. The van der Waals surface area contributed by atoms with Crippen LogP contribution < -0.4 is 4.90 Å². The quantitative estimate of drug-likeness (QED) is 0.231. The van der Waals surface area contributed by atoms with Gasteiger partial charge in [-0.1, -0.05) is 35.5 Å². The number of hydrogen-bond donors (Lipinski definition) is 0. The largest absolute Gasteiger partial charge is 0.360 e. The highest BCUT2D eigenvalue weighted by molar-refractivity contribution is 7.18. The first kappa shape index (κ1) is 28.6. The topological polar surface area (TPSA) is 91.6 Å². The van der Waals surface area contributed by atoms with Crippen LogP contribution in [0.2, 0.25) is 0 Å². The maximum absolute atomic E-state index is 14.0. The molecule has 4 heterocycles. The molecule has 5 atom stereocenters. The fraction of sp³-hybridized carbons (Fsp3) is 0.290. The molecule has 2 fully saturated rings. The van der Waals surface area contributed by atoms with E-state index in [1.165, 1.54) is 10.9 Å². The van der Waals surface area contributed by atoms with Crippen molar-refractivity contribution < 1.29 is 32.2 Å². The fourth-order valence-electron chi connectivity index (χ4n) is 5.68. The van der Waals surface area contributed by atoms with Crippen molar-refractivity contribution in [2.45, 2.75) is 44.0 Å². The average molecular weight is 622 g/mol. The van der Waals surface area contributed by atoms with Crippen molar-refractivity contribution in [2.24, 2.45) is 0 Å². The predicted molar refractivity (Wildman–Crippen MR) is 155 cm³/mol. The molecule has 2 aromatic heterocycles. The van der Waals surface area contributed by atoms with Crippen molar-refractivity contribution in [2.75, 3.05) is 18.6 Å². The summed E-state index contributed by atoms with van der Waals surface area (Å²) in [6.07, 6.45) is -1.13. The number of aryl methyl sites for hydroxylation is 1. The Labute approximate surface area is 253 Å².